The first-order valence-electron chi connectivity index (χ1n) is 8.72. The number of urea groups is 1. The number of carbonyl (C=O) groups excluding carboxylic acids is 2. The summed E-state index contributed by atoms with van der Waals surface area (Å²) in [5.74, 6) is -0.300. The molecule has 0 saturated carbocycles. The molecule has 0 aliphatic carbocycles. The number of benzene rings is 1. The van der Waals surface area contributed by atoms with Crippen LogP contribution in [0.1, 0.15) is 44.7 Å². The highest BCUT2D eigenvalue weighted by atomic mass is 16.5. The van der Waals surface area contributed by atoms with E-state index in [2.05, 4.69) is 17.2 Å². The topological polar surface area (TPSA) is 76.7 Å². The van der Waals surface area contributed by atoms with Gasteiger partial charge in [-0.25, -0.2) is 4.79 Å². The molecule has 2 atom stereocenters. The van der Waals surface area contributed by atoms with Crippen LogP contribution in [0.15, 0.2) is 36.5 Å². The van der Waals surface area contributed by atoms with Crippen LogP contribution in [0.5, 0.6) is 5.75 Å². The number of carbonyl (C=O) groups is 2. The predicted octanol–water partition coefficient (Wildman–Crippen LogP) is 3.30. The zero-order valence-electron chi connectivity index (χ0n) is 14.8. The molecule has 0 spiro atoms. The molecule has 25 heavy (non-hydrogen) atoms. The van der Waals surface area contributed by atoms with Crippen molar-refractivity contribution in [3.8, 4) is 5.75 Å². The third-order valence-electron chi connectivity index (χ3n) is 3.98. The first-order valence-corrected chi connectivity index (χ1v) is 8.72. The highest BCUT2D eigenvalue weighted by Crippen LogP contribution is 2.31. The molecule has 1 fully saturated rings. The lowest BCUT2D eigenvalue weighted by Gasteiger charge is -2.33. The largest absolute Gasteiger partial charge is 0.494 e. The van der Waals surface area contributed by atoms with Crippen molar-refractivity contribution >= 4 is 12.0 Å². The SMILES string of the molecule is C=C1NC(=O)N[C@H](c2ccc(OCCC)cc2)[C@H]1C(=O)OCCCC. The summed E-state index contributed by atoms with van der Waals surface area (Å²) in [6, 6.07) is 6.47. The number of amides is 2. The van der Waals surface area contributed by atoms with Gasteiger partial charge in [-0.3, -0.25) is 4.79 Å². The van der Waals surface area contributed by atoms with Crippen LogP contribution < -0.4 is 15.4 Å². The second-order valence-corrected chi connectivity index (χ2v) is 6.02. The monoisotopic (exact) mass is 346 g/mol. The lowest BCUT2D eigenvalue weighted by atomic mass is 9.89. The first kappa shape index (κ1) is 18.8. The molecule has 0 bridgehead atoms. The molecule has 6 heteroatoms. The summed E-state index contributed by atoms with van der Waals surface area (Å²) in [4.78, 5) is 24.3. The standard InChI is InChI=1S/C19H26N2O4/c1-4-6-12-25-18(22)16-13(3)20-19(23)21-17(16)14-7-9-15(10-8-14)24-11-5-2/h7-10,16-17H,3-6,11-12H2,1-2H3,(H2,20,21,23)/t16-,17+/m0/s1. The third-order valence-corrected chi connectivity index (χ3v) is 3.98. The van der Waals surface area contributed by atoms with E-state index in [-0.39, 0.29) is 12.0 Å². The molecular weight excluding hydrogens is 320 g/mol. The number of esters is 1. The smallest absolute Gasteiger partial charge is 0.319 e. The Morgan fingerprint density at radius 1 is 1.16 bits per heavy atom. The van der Waals surface area contributed by atoms with Crippen molar-refractivity contribution in [2.75, 3.05) is 13.2 Å². The molecule has 0 unspecified atom stereocenters. The summed E-state index contributed by atoms with van der Waals surface area (Å²) in [5.41, 5.74) is 1.15. The van der Waals surface area contributed by atoms with Crippen molar-refractivity contribution in [2.45, 2.75) is 39.2 Å². The molecular formula is C19H26N2O4. The average Bonchev–Trinajstić information content (AvgIpc) is 2.59. The Morgan fingerprint density at radius 3 is 2.52 bits per heavy atom. The molecule has 0 aromatic heterocycles. The van der Waals surface area contributed by atoms with Gasteiger partial charge in [-0.2, -0.15) is 0 Å². The summed E-state index contributed by atoms with van der Waals surface area (Å²) in [6.45, 7) is 8.91. The van der Waals surface area contributed by atoms with Gasteiger partial charge in [0.25, 0.3) is 0 Å². The Bertz CT molecular complexity index is 612. The minimum Gasteiger partial charge on any atom is -0.494 e. The summed E-state index contributed by atoms with van der Waals surface area (Å²) in [7, 11) is 0. The van der Waals surface area contributed by atoms with E-state index in [9.17, 15) is 9.59 Å². The Balaban J connectivity index is 2.16. The fourth-order valence-electron chi connectivity index (χ4n) is 2.64. The summed E-state index contributed by atoms with van der Waals surface area (Å²) < 4.78 is 10.9. The van der Waals surface area contributed by atoms with Gasteiger partial charge in [0.1, 0.15) is 11.7 Å². The van der Waals surface area contributed by atoms with Crippen LogP contribution in [0.4, 0.5) is 4.79 Å². The van der Waals surface area contributed by atoms with Crippen molar-refractivity contribution in [3.63, 3.8) is 0 Å². The second kappa shape index (κ2) is 9.11. The molecule has 1 aliphatic heterocycles. The molecule has 1 saturated heterocycles. The molecule has 2 amide bonds. The number of hydrogen-bond acceptors (Lipinski definition) is 4. The Morgan fingerprint density at radius 2 is 1.88 bits per heavy atom. The minimum absolute atomic E-state index is 0.349. The van der Waals surface area contributed by atoms with Crippen molar-refractivity contribution < 1.29 is 19.1 Å². The summed E-state index contributed by atoms with van der Waals surface area (Å²) in [5, 5.41) is 5.36. The van der Waals surface area contributed by atoms with E-state index in [1.165, 1.54) is 0 Å². The van der Waals surface area contributed by atoms with Gasteiger partial charge in [-0.15, -0.1) is 0 Å². The summed E-state index contributed by atoms with van der Waals surface area (Å²) >= 11 is 0. The fourth-order valence-corrected chi connectivity index (χ4v) is 2.64. The second-order valence-electron chi connectivity index (χ2n) is 6.02. The molecule has 1 aromatic carbocycles. The van der Waals surface area contributed by atoms with Crippen LogP contribution in [-0.4, -0.2) is 25.2 Å². The Kier molecular flexibility index (Phi) is 6.86. The average molecular weight is 346 g/mol. The van der Waals surface area contributed by atoms with Crippen LogP contribution in [0.3, 0.4) is 0 Å². The van der Waals surface area contributed by atoms with Gasteiger partial charge in [0, 0.05) is 5.70 Å². The van der Waals surface area contributed by atoms with Crippen molar-refractivity contribution in [2.24, 2.45) is 5.92 Å². The molecule has 1 aromatic rings. The fraction of sp³-hybridized carbons (Fsp3) is 0.474. The third kappa shape index (κ3) is 4.98. The van der Waals surface area contributed by atoms with Gasteiger partial charge < -0.3 is 20.1 Å². The van der Waals surface area contributed by atoms with Crippen LogP contribution in [0.2, 0.25) is 0 Å². The molecule has 2 N–H and O–H groups in total. The highest BCUT2D eigenvalue weighted by Gasteiger charge is 2.38. The molecule has 6 nitrogen and oxygen atoms in total. The quantitative estimate of drug-likeness (QED) is 0.559. The maximum absolute atomic E-state index is 12.5. The van der Waals surface area contributed by atoms with Crippen molar-refractivity contribution in [3.05, 3.63) is 42.1 Å². The first-order chi connectivity index (χ1) is 12.1. The van der Waals surface area contributed by atoms with E-state index in [0.29, 0.717) is 18.9 Å². The minimum atomic E-state index is -0.669. The normalized spacial score (nSPS) is 19.8. The van der Waals surface area contributed by atoms with Crippen LogP contribution in [0.25, 0.3) is 0 Å². The zero-order valence-corrected chi connectivity index (χ0v) is 14.8. The number of nitrogens with one attached hydrogen (secondary N) is 2. The van der Waals surface area contributed by atoms with E-state index in [1.54, 1.807) is 0 Å². The van der Waals surface area contributed by atoms with E-state index >= 15 is 0 Å². The highest BCUT2D eigenvalue weighted by molar-refractivity contribution is 5.85. The van der Waals surface area contributed by atoms with Crippen LogP contribution >= 0.6 is 0 Å². The lowest BCUT2D eigenvalue weighted by Crippen LogP contribution is -2.51. The maximum Gasteiger partial charge on any atom is 0.319 e. The van der Waals surface area contributed by atoms with Gasteiger partial charge in [0.2, 0.25) is 0 Å². The van der Waals surface area contributed by atoms with Gasteiger partial charge in [-0.1, -0.05) is 39.0 Å². The number of rotatable bonds is 8. The summed E-state index contributed by atoms with van der Waals surface area (Å²) in [6.07, 6.45) is 2.67. The molecule has 136 valence electrons. The van der Waals surface area contributed by atoms with Crippen molar-refractivity contribution in [1.82, 2.24) is 10.6 Å². The van der Waals surface area contributed by atoms with Gasteiger partial charge in [0.05, 0.1) is 19.3 Å². The number of hydrogen-bond donors (Lipinski definition) is 2. The Hall–Kier alpha value is -2.50. The van der Waals surface area contributed by atoms with Gasteiger partial charge in [0.15, 0.2) is 0 Å². The molecule has 1 heterocycles. The predicted molar refractivity (Wildman–Crippen MR) is 95.1 cm³/mol. The zero-order chi connectivity index (χ0) is 18.2. The molecule has 2 rings (SSSR count). The van der Waals surface area contributed by atoms with Gasteiger partial charge >= 0.3 is 12.0 Å². The van der Waals surface area contributed by atoms with E-state index in [0.717, 1.165) is 30.6 Å². The van der Waals surface area contributed by atoms with Crippen LogP contribution in [0, 0.1) is 5.92 Å². The maximum atomic E-state index is 12.5. The Labute approximate surface area is 148 Å². The molecule has 1 aliphatic rings. The number of ether oxygens (including phenoxy) is 2. The van der Waals surface area contributed by atoms with E-state index in [1.807, 2.05) is 38.1 Å². The van der Waals surface area contributed by atoms with Gasteiger partial charge in [-0.05, 0) is 30.5 Å². The van der Waals surface area contributed by atoms with E-state index in [4.69, 9.17) is 9.47 Å². The van der Waals surface area contributed by atoms with Crippen molar-refractivity contribution in [1.29, 1.82) is 0 Å². The molecule has 0 radical (unpaired) electrons. The van der Waals surface area contributed by atoms with Crippen LogP contribution in [-0.2, 0) is 9.53 Å². The lowest BCUT2D eigenvalue weighted by molar-refractivity contribution is -0.148. The van der Waals surface area contributed by atoms with E-state index < -0.39 is 12.0 Å². The number of unbranched alkanes of at least 4 members (excludes halogenated alkanes) is 1.